The van der Waals surface area contributed by atoms with E-state index in [0.717, 1.165) is 19.6 Å². The number of hydrogen-bond donors (Lipinski definition) is 1. The maximum Gasteiger partial charge on any atom is 0.0368 e. The van der Waals surface area contributed by atoms with Crippen LogP contribution in [0, 0.1) is 12.3 Å². The summed E-state index contributed by atoms with van der Waals surface area (Å²) >= 11 is 0. The molecule has 2 heteroatoms. The van der Waals surface area contributed by atoms with Gasteiger partial charge >= 0.3 is 0 Å². The summed E-state index contributed by atoms with van der Waals surface area (Å²) in [6.07, 6.45) is 0. The molecule has 0 radical (unpaired) electrons. The summed E-state index contributed by atoms with van der Waals surface area (Å²) in [4.78, 5) is 2.39. The maximum atomic E-state index is 5.79. The van der Waals surface area contributed by atoms with Crippen molar-refractivity contribution in [2.75, 3.05) is 24.5 Å². The first-order chi connectivity index (χ1) is 7.48. The third-order valence-electron chi connectivity index (χ3n) is 2.92. The van der Waals surface area contributed by atoms with Gasteiger partial charge in [-0.25, -0.2) is 0 Å². The summed E-state index contributed by atoms with van der Waals surface area (Å²) in [5.41, 5.74) is 8.56. The minimum absolute atomic E-state index is 0.166. The molecule has 0 aliphatic carbocycles. The lowest BCUT2D eigenvalue weighted by molar-refractivity contribution is 0.380. The second-order valence-corrected chi connectivity index (χ2v) is 5.22. The van der Waals surface area contributed by atoms with Crippen molar-refractivity contribution in [3.8, 4) is 0 Å². The van der Waals surface area contributed by atoms with Crippen molar-refractivity contribution >= 4 is 5.69 Å². The molecule has 0 atom stereocenters. The molecule has 0 fully saturated rings. The van der Waals surface area contributed by atoms with Crippen LogP contribution in [-0.4, -0.2) is 19.6 Å². The number of nitrogens with two attached hydrogens (primary N) is 1. The Labute approximate surface area is 99.5 Å². The highest BCUT2D eigenvalue weighted by atomic mass is 15.1. The molecule has 0 amide bonds. The molecule has 0 heterocycles. The van der Waals surface area contributed by atoms with E-state index in [4.69, 9.17) is 5.73 Å². The van der Waals surface area contributed by atoms with Gasteiger partial charge in [0, 0.05) is 18.8 Å². The first-order valence-electron chi connectivity index (χ1n) is 6.00. The van der Waals surface area contributed by atoms with Gasteiger partial charge < -0.3 is 10.6 Å². The number of anilines is 1. The van der Waals surface area contributed by atoms with E-state index in [9.17, 15) is 0 Å². The van der Waals surface area contributed by atoms with E-state index in [1.54, 1.807) is 0 Å². The van der Waals surface area contributed by atoms with Crippen LogP contribution >= 0.6 is 0 Å². The predicted molar refractivity (Wildman–Crippen MR) is 71.9 cm³/mol. The SMILES string of the molecule is CCN(CC(C)(C)CN)c1cccc(C)c1. The molecular formula is C14H24N2. The molecule has 0 saturated carbocycles. The van der Waals surface area contributed by atoms with E-state index < -0.39 is 0 Å². The standard InChI is InChI=1S/C14H24N2/c1-5-16(11-14(3,4)10-15)13-8-6-7-12(2)9-13/h6-9H,5,10-11,15H2,1-4H3. The quantitative estimate of drug-likeness (QED) is 0.826. The third kappa shape index (κ3) is 3.53. The molecule has 2 nitrogen and oxygen atoms in total. The zero-order chi connectivity index (χ0) is 12.2. The number of benzene rings is 1. The molecule has 1 aromatic carbocycles. The average Bonchev–Trinajstić information content (AvgIpc) is 2.26. The van der Waals surface area contributed by atoms with Crippen molar-refractivity contribution in [2.45, 2.75) is 27.7 Å². The van der Waals surface area contributed by atoms with Crippen molar-refractivity contribution in [3.63, 3.8) is 0 Å². The van der Waals surface area contributed by atoms with E-state index in [1.165, 1.54) is 11.3 Å². The topological polar surface area (TPSA) is 29.3 Å². The summed E-state index contributed by atoms with van der Waals surface area (Å²) in [5, 5.41) is 0. The highest BCUT2D eigenvalue weighted by molar-refractivity contribution is 5.48. The van der Waals surface area contributed by atoms with Gasteiger partial charge in [0.1, 0.15) is 0 Å². The molecule has 90 valence electrons. The van der Waals surface area contributed by atoms with Gasteiger partial charge in [-0.1, -0.05) is 26.0 Å². The zero-order valence-corrected chi connectivity index (χ0v) is 11.0. The monoisotopic (exact) mass is 220 g/mol. The lowest BCUT2D eigenvalue weighted by atomic mass is 9.93. The lowest BCUT2D eigenvalue weighted by Crippen LogP contribution is -2.38. The van der Waals surface area contributed by atoms with E-state index >= 15 is 0 Å². The Morgan fingerprint density at radius 1 is 1.31 bits per heavy atom. The van der Waals surface area contributed by atoms with Crippen LogP contribution in [0.25, 0.3) is 0 Å². The normalized spacial score (nSPS) is 11.6. The molecule has 0 bridgehead atoms. The van der Waals surface area contributed by atoms with Gasteiger partial charge in [-0.3, -0.25) is 0 Å². The fourth-order valence-electron chi connectivity index (χ4n) is 1.79. The van der Waals surface area contributed by atoms with Gasteiger partial charge in [-0.05, 0) is 43.5 Å². The van der Waals surface area contributed by atoms with Crippen molar-refractivity contribution < 1.29 is 0 Å². The second kappa shape index (κ2) is 5.35. The largest absolute Gasteiger partial charge is 0.371 e. The van der Waals surface area contributed by atoms with E-state index in [1.807, 2.05) is 0 Å². The Kier molecular flexibility index (Phi) is 4.36. The highest BCUT2D eigenvalue weighted by Gasteiger charge is 2.19. The maximum absolute atomic E-state index is 5.79. The number of rotatable bonds is 5. The average molecular weight is 220 g/mol. The van der Waals surface area contributed by atoms with Gasteiger partial charge in [-0.15, -0.1) is 0 Å². The van der Waals surface area contributed by atoms with Crippen molar-refractivity contribution in [2.24, 2.45) is 11.1 Å². The molecule has 1 aromatic rings. The van der Waals surface area contributed by atoms with Crippen molar-refractivity contribution in [1.29, 1.82) is 0 Å². The summed E-state index contributed by atoms with van der Waals surface area (Å²) in [5.74, 6) is 0. The molecule has 2 N–H and O–H groups in total. The Morgan fingerprint density at radius 2 is 2.00 bits per heavy atom. The Balaban J connectivity index is 2.82. The van der Waals surface area contributed by atoms with Crippen LogP contribution in [0.3, 0.4) is 0 Å². The van der Waals surface area contributed by atoms with E-state index in [-0.39, 0.29) is 5.41 Å². The third-order valence-corrected chi connectivity index (χ3v) is 2.92. The molecule has 1 rings (SSSR count). The van der Waals surface area contributed by atoms with Crippen LogP contribution < -0.4 is 10.6 Å². The van der Waals surface area contributed by atoms with Crippen LogP contribution in [0.2, 0.25) is 0 Å². The minimum Gasteiger partial charge on any atom is -0.371 e. The molecule has 16 heavy (non-hydrogen) atoms. The number of hydrogen-bond acceptors (Lipinski definition) is 2. The highest BCUT2D eigenvalue weighted by Crippen LogP contribution is 2.21. The first kappa shape index (κ1) is 13.0. The van der Waals surface area contributed by atoms with Gasteiger partial charge in [0.15, 0.2) is 0 Å². The summed E-state index contributed by atoms with van der Waals surface area (Å²) in [6.45, 7) is 11.5. The molecule has 0 aromatic heterocycles. The Morgan fingerprint density at radius 3 is 2.50 bits per heavy atom. The predicted octanol–water partition coefficient (Wildman–Crippen LogP) is 2.81. The van der Waals surface area contributed by atoms with Crippen LogP contribution in [-0.2, 0) is 0 Å². The van der Waals surface area contributed by atoms with Gasteiger partial charge in [-0.2, -0.15) is 0 Å². The van der Waals surface area contributed by atoms with Crippen LogP contribution in [0.5, 0.6) is 0 Å². The van der Waals surface area contributed by atoms with Crippen LogP contribution in [0.4, 0.5) is 5.69 Å². The summed E-state index contributed by atoms with van der Waals surface area (Å²) in [7, 11) is 0. The smallest absolute Gasteiger partial charge is 0.0368 e. The van der Waals surface area contributed by atoms with E-state index in [2.05, 4.69) is 56.9 Å². The van der Waals surface area contributed by atoms with Gasteiger partial charge in [0.25, 0.3) is 0 Å². The van der Waals surface area contributed by atoms with Crippen LogP contribution in [0.1, 0.15) is 26.3 Å². The molecule has 0 aliphatic rings. The van der Waals surface area contributed by atoms with Crippen LogP contribution in [0.15, 0.2) is 24.3 Å². The lowest BCUT2D eigenvalue weighted by Gasteiger charge is -2.32. The molecule has 0 unspecified atom stereocenters. The number of aryl methyl sites for hydroxylation is 1. The second-order valence-electron chi connectivity index (χ2n) is 5.22. The first-order valence-corrected chi connectivity index (χ1v) is 6.00. The fourth-order valence-corrected chi connectivity index (χ4v) is 1.79. The summed E-state index contributed by atoms with van der Waals surface area (Å²) < 4.78 is 0. The Hall–Kier alpha value is -1.02. The van der Waals surface area contributed by atoms with Gasteiger partial charge in [0.05, 0.1) is 0 Å². The fraction of sp³-hybridized carbons (Fsp3) is 0.571. The minimum atomic E-state index is 0.166. The number of nitrogens with zero attached hydrogens (tertiary/aromatic N) is 1. The Bertz CT molecular complexity index is 331. The molecule has 0 spiro atoms. The molecule has 0 aliphatic heterocycles. The van der Waals surface area contributed by atoms with Gasteiger partial charge in [0.2, 0.25) is 0 Å². The van der Waals surface area contributed by atoms with Crippen molar-refractivity contribution in [3.05, 3.63) is 29.8 Å². The summed E-state index contributed by atoms with van der Waals surface area (Å²) in [6, 6.07) is 8.65. The zero-order valence-electron chi connectivity index (χ0n) is 11.0. The molecular weight excluding hydrogens is 196 g/mol. The molecule has 0 saturated heterocycles. The van der Waals surface area contributed by atoms with E-state index in [0.29, 0.717) is 0 Å². The van der Waals surface area contributed by atoms with Crippen molar-refractivity contribution in [1.82, 2.24) is 0 Å².